The first-order valence-corrected chi connectivity index (χ1v) is 5.52. The van der Waals surface area contributed by atoms with Gasteiger partial charge in [0.2, 0.25) is 5.91 Å². The van der Waals surface area contributed by atoms with Crippen LogP contribution in [0.15, 0.2) is 0 Å². The van der Waals surface area contributed by atoms with Crippen molar-refractivity contribution in [3.8, 4) is 0 Å². The van der Waals surface area contributed by atoms with E-state index in [1.54, 1.807) is 7.05 Å². The van der Waals surface area contributed by atoms with Gasteiger partial charge in [0.15, 0.2) is 0 Å². The average Bonchev–Trinajstić information content (AvgIpc) is 2.14. The summed E-state index contributed by atoms with van der Waals surface area (Å²) in [5, 5.41) is 5.18. The summed E-state index contributed by atoms with van der Waals surface area (Å²) in [7, 11) is 1.61. The Morgan fingerprint density at radius 3 is 2.31 bits per heavy atom. The van der Waals surface area contributed by atoms with E-state index in [0.29, 0.717) is 13.0 Å². The van der Waals surface area contributed by atoms with Gasteiger partial charge in [-0.05, 0) is 33.6 Å². The number of unbranched alkanes of at least 4 members (excludes halogenated alkanes) is 1. The van der Waals surface area contributed by atoms with Gasteiger partial charge in [-0.15, -0.1) is 0 Å². The summed E-state index contributed by atoms with van der Waals surface area (Å²) < 4.78 is 5.06. The third-order valence-corrected chi connectivity index (χ3v) is 1.78. The van der Waals surface area contributed by atoms with E-state index in [9.17, 15) is 9.59 Å². The second-order valence-electron chi connectivity index (χ2n) is 4.56. The van der Waals surface area contributed by atoms with Gasteiger partial charge in [-0.3, -0.25) is 4.79 Å². The highest BCUT2D eigenvalue weighted by Crippen LogP contribution is 2.06. The van der Waals surface area contributed by atoms with Gasteiger partial charge in [0.25, 0.3) is 0 Å². The third-order valence-electron chi connectivity index (χ3n) is 1.78. The van der Waals surface area contributed by atoms with Gasteiger partial charge in [-0.25, -0.2) is 4.79 Å². The summed E-state index contributed by atoms with van der Waals surface area (Å²) in [5.74, 6) is 0.0252. The zero-order valence-electron chi connectivity index (χ0n) is 10.6. The van der Waals surface area contributed by atoms with Gasteiger partial charge >= 0.3 is 6.09 Å². The molecule has 2 N–H and O–H groups in total. The van der Waals surface area contributed by atoms with Crippen molar-refractivity contribution in [3.05, 3.63) is 0 Å². The number of rotatable bonds is 5. The van der Waals surface area contributed by atoms with E-state index in [1.165, 1.54) is 0 Å². The van der Waals surface area contributed by atoms with Crippen LogP contribution in [0.25, 0.3) is 0 Å². The predicted octanol–water partition coefficient (Wildman–Crippen LogP) is 1.43. The number of amides is 2. The first-order chi connectivity index (χ1) is 7.35. The molecule has 0 aliphatic rings. The van der Waals surface area contributed by atoms with Gasteiger partial charge in [-0.2, -0.15) is 0 Å². The van der Waals surface area contributed by atoms with Crippen LogP contribution in [-0.2, 0) is 9.53 Å². The Morgan fingerprint density at radius 1 is 1.19 bits per heavy atom. The number of ether oxygens (including phenoxy) is 1. The molecule has 0 aliphatic heterocycles. The minimum absolute atomic E-state index is 0.0252. The molecule has 0 radical (unpaired) electrons. The van der Waals surface area contributed by atoms with Crippen molar-refractivity contribution in [2.75, 3.05) is 13.6 Å². The molecule has 0 saturated carbocycles. The Hall–Kier alpha value is -1.26. The zero-order valence-corrected chi connectivity index (χ0v) is 10.6. The molecule has 2 amide bonds. The molecule has 0 spiro atoms. The van der Waals surface area contributed by atoms with Crippen LogP contribution in [0.5, 0.6) is 0 Å². The molecule has 94 valence electrons. The largest absolute Gasteiger partial charge is 0.444 e. The summed E-state index contributed by atoms with van der Waals surface area (Å²) in [5.41, 5.74) is -0.466. The summed E-state index contributed by atoms with van der Waals surface area (Å²) >= 11 is 0. The topological polar surface area (TPSA) is 67.4 Å². The Kier molecular flexibility index (Phi) is 6.53. The Balaban J connectivity index is 3.45. The van der Waals surface area contributed by atoms with Crippen molar-refractivity contribution in [3.63, 3.8) is 0 Å². The minimum atomic E-state index is -0.466. The molecule has 5 heteroatoms. The second-order valence-corrected chi connectivity index (χ2v) is 4.56. The molecule has 0 unspecified atom stereocenters. The molecule has 0 aliphatic carbocycles. The number of carbonyl (C=O) groups excluding carboxylic acids is 2. The number of alkyl carbamates (subject to hydrolysis) is 1. The molecule has 0 heterocycles. The van der Waals surface area contributed by atoms with Crippen LogP contribution < -0.4 is 10.6 Å². The average molecular weight is 230 g/mol. The molecule has 0 saturated heterocycles. The summed E-state index contributed by atoms with van der Waals surface area (Å²) in [6, 6.07) is 0. The Morgan fingerprint density at radius 2 is 1.81 bits per heavy atom. The lowest BCUT2D eigenvalue weighted by molar-refractivity contribution is -0.120. The molecule has 0 aromatic heterocycles. The minimum Gasteiger partial charge on any atom is -0.444 e. The fourth-order valence-corrected chi connectivity index (χ4v) is 1.04. The van der Waals surface area contributed by atoms with E-state index in [4.69, 9.17) is 4.74 Å². The molecule has 0 atom stereocenters. The van der Waals surface area contributed by atoms with Crippen molar-refractivity contribution < 1.29 is 14.3 Å². The van der Waals surface area contributed by atoms with Crippen molar-refractivity contribution in [1.82, 2.24) is 10.6 Å². The lowest BCUT2D eigenvalue weighted by atomic mass is 10.2. The summed E-state index contributed by atoms with van der Waals surface area (Å²) in [4.78, 5) is 22.1. The SMILES string of the molecule is CNC(=O)CCCCNC(=O)OC(C)(C)C. The van der Waals surface area contributed by atoms with Crippen LogP contribution in [0.1, 0.15) is 40.0 Å². The lowest BCUT2D eigenvalue weighted by Gasteiger charge is -2.19. The molecule has 0 bridgehead atoms. The maximum absolute atomic E-state index is 11.2. The highest BCUT2D eigenvalue weighted by Gasteiger charge is 2.15. The van der Waals surface area contributed by atoms with E-state index < -0.39 is 11.7 Å². The maximum atomic E-state index is 11.2. The van der Waals surface area contributed by atoms with Crippen molar-refractivity contribution in [2.24, 2.45) is 0 Å². The highest BCUT2D eigenvalue weighted by molar-refractivity contribution is 5.75. The van der Waals surface area contributed by atoms with Gasteiger partial charge < -0.3 is 15.4 Å². The van der Waals surface area contributed by atoms with Crippen LogP contribution in [0, 0.1) is 0 Å². The van der Waals surface area contributed by atoms with Gasteiger partial charge in [0, 0.05) is 20.0 Å². The fourth-order valence-electron chi connectivity index (χ4n) is 1.04. The van der Waals surface area contributed by atoms with Crippen LogP contribution in [0.2, 0.25) is 0 Å². The third kappa shape index (κ3) is 9.30. The van der Waals surface area contributed by atoms with E-state index in [0.717, 1.165) is 12.8 Å². The van der Waals surface area contributed by atoms with Crippen LogP contribution in [0.3, 0.4) is 0 Å². The van der Waals surface area contributed by atoms with Crippen molar-refractivity contribution in [1.29, 1.82) is 0 Å². The van der Waals surface area contributed by atoms with Crippen molar-refractivity contribution >= 4 is 12.0 Å². The van der Waals surface area contributed by atoms with E-state index in [-0.39, 0.29) is 5.91 Å². The second kappa shape index (κ2) is 7.09. The quantitative estimate of drug-likeness (QED) is 0.702. The molecule has 0 aromatic carbocycles. The van der Waals surface area contributed by atoms with Gasteiger partial charge in [0.05, 0.1) is 0 Å². The molecule has 0 aromatic rings. The van der Waals surface area contributed by atoms with Crippen LogP contribution >= 0.6 is 0 Å². The van der Waals surface area contributed by atoms with Crippen LogP contribution in [-0.4, -0.2) is 31.2 Å². The van der Waals surface area contributed by atoms with Gasteiger partial charge in [0.1, 0.15) is 5.60 Å². The molecule has 16 heavy (non-hydrogen) atoms. The molecule has 0 fully saturated rings. The zero-order chi connectivity index (χ0) is 12.6. The normalized spacial score (nSPS) is 10.8. The lowest BCUT2D eigenvalue weighted by Crippen LogP contribution is -2.33. The predicted molar refractivity (Wildman–Crippen MR) is 62.2 cm³/mol. The Bertz CT molecular complexity index is 234. The van der Waals surface area contributed by atoms with Crippen LogP contribution in [0.4, 0.5) is 4.79 Å². The molecular formula is C11H22N2O3. The van der Waals surface area contributed by atoms with E-state index in [2.05, 4.69) is 10.6 Å². The smallest absolute Gasteiger partial charge is 0.407 e. The maximum Gasteiger partial charge on any atom is 0.407 e. The summed E-state index contributed by atoms with van der Waals surface area (Å²) in [6.45, 7) is 5.99. The number of hydrogen-bond acceptors (Lipinski definition) is 3. The summed E-state index contributed by atoms with van der Waals surface area (Å²) in [6.07, 6.45) is 1.61. The fraction of sp³-hybridized carbons (Fsp3) is 0.818. The first kappa shape index (κ1) is 14.7. The number of carbonyl (C=O) groups is 2. The van der Waals surface area contributed by atoms with Gasteiger partial charge in [-0.1, -0.05) is 0 Å². The Labute approximate surface area is 96.9 Å². The first-order valence-electron chi connectivity index (χ1n) is 5.52. The molecular weight excluding hydrogens is 208 g/mol. The van der Waals surface area contributed by atoms with E-state index in [1.807, 2.05) is 20.8 Å². The number of hydrogen-bond donors (Lipinski definition) is 2. The molecule has 0 rings (SSSR count). The standard InChI is InChI=1S/C11H22N2O3/c1-11(2,3)16-10(15)13-8-6-5-7-9(14)12-4/h5-8H2,1-4H3,(H,12,14)(H,13,15). The monoisotopic (exact) mass is 230 g/mol. The highest BCUT2D eigenvalue weighted by atomic mass is 16.6. The molecule has 5 nitrogen and oxygen atoms in total. The number of nitrogens with one attached hydrogen (secondary N) is 2. The van der Waals surface area contributed by atoms with Crippen molar-refractivity contribution in [2.45, 2.75) is 45.6 Å². The van der Waals surface area contributed by atoms with E-state index >= 15 is 0 Å².